The van der Waals surface area contributed by atoms with Crippen molar-refractivity contribution in [3.8, 4) is 0 Å². The fourth-order valence-electron chi connectivity index (χ4n) is 1.90. The van der Waals surface area contributed by atoms with Crippen LogP contribution in [0.15, 0.2) is 0 Å². The molecular formula is C10H16N2O5. The van der Waals surface area contributed by atoms with Gasteiger partial charge in [0.25, 0.3) is 0 Å². The van der Waals surface area contributed by atoms with E-state index in [0.717, 1.165) is 0 Å². The van der Waals surface area contributed by atoms with Crippen molar-refractivity contribution in [2.45, 2.75) is 37.8 Å². The second kappa shape index (κ2) is 5.62. The van der Waals surface area contributed by atoms with Gasteiger partial charge in [-0.15, -0.1) is 0 Å². The molecule has 2 atom stereocenters. The third-order valence-corrected chi connectivity index (χ3v) is 2.81. The maximum Gasteiger partial charge on any atom is 0.326 e. The van der Waals surface area contributed by atoms with E-state index in [-0.39, 0.29) is 12.8 Å². The fraction of sp³-hybridized carbons (Fsp3) is 0.700. The third-order valence-electron chi connectivity index (χ3n) is 2.81. The van der Waals surface area contributed by atoms with Crippen LogP contribution in [-0.4, -0.2) is 51.6 Å². The number of aliphatic carboxylic acids is 2. The lowest BCUT2D eigenvalue weighted by Crippen LogP contribution is -2.48. The molecule has 0 unspecified atom stereocenters. The number of nitrogens with two attached hydrogens (primary N) is 1. The lowest BCUT2D eigenvalue weighted by molar-refractivity contribution is -0.149. The predicted octanol–water partition coefficient (Wildman–Crippen LogP) is -0.746. The monoisotopic (exact) mass is 244 g/mol. The third kappa shape index (κ3) is 3.42. The summed E-state index contributed by atoms with van der Waals surface area (Å²) in [6.45, 7) is 0.372. The summed E-state index contributed by atoms with van der Waals surface area (Å²) in [5.41, 5.74) is 5.56. The van der Waals surface area contributed by atoms with Crippen molar-refractivity contribution in [1.29, 1.82) is 0 Å². The molecule has 0 aromatic carbocycles. The molecule has 0 aliphatic carbocycles. The Bertz CT molecular complexity index is 331. The van der Waals surface area contributed by atoms with Gasteiger partial charge in [0.2, 0.25) is 5.91 Å². The first-order valence-corrected chi connectivity index (χ1v) is 5.44. The summed E-state index contributed by atoms with van der Waals surface area (Å²) in [5, 5.41) is 17.4. The average molecular weight is 244 g/mol. The Morgan fingerprint density at radius 1 is 1.35 bits per heavy atom. The first-order valence-electron chi connectivity index (χ1n) is 5.44. The minimum Gasteiger partial charge on any atom is -0.481 e. The fourth-order valence-corrected chi connectivity index (χ4v) is 1.90. The maximum atomic E-state index is 11.8. The van der Waals surface area contributed by atoms with Crippen molar-refractivity contribution < 1.29 is 24.6 Å². The zero-order chi connectivity index (χ0) is 13.0. The van der Waals surface area contributed by atoms with Crippen LogP contribution in [-0.2, 0) is 14.4 Å². The minimum atomic E-state index is -1.04. The number of amides is 1. The Morgan fingerprint density at radius 2 is 2.00 bits per heavy atom. The topological polar surface area (TPSA) is 121 Å². The van der Waals surface area contributed by atoms with Gasteiger partial charge < -0.3 is 20.8 Å². The predicted molar refractivity (Wildman–Crippen MR) is 57.2 cm³/mol. The van der Waals surface area contributed by atoms with E-state index in [4.69, 9.17) is 15.9 Å². The molecule has 96 valence electrons. The van der Waals surface area contributed by atoms with Gasteiger partial charge in [-0.25, -0.2) is 4.79 Å². The van der Waals surface area contributed by atoms with Crippen molar-refractivity contribution in [3.63, 3.8) is 0 Å². The quantitative estimate of drug-likeness (QED) is 0.585. The maximum absolute atomic E-state index is 11.8. The molecule has 17 heavy (non-hydrogen) atoms. The summed E-state index contributed by atoms with van der Waals surface area (Å²) in [5.74, 6) is -2.54. The van der Waals surface area contributed by atoms with Crippen LogP contribution >= 0.6 is 0 Å². The molecule has 1 saturated heterocycles. The molecule has 1 heterocycles. The molecule has 0 radical (unpaired) electrons. The van der Waals surface area contributed by atoms with E-state index in [1.165, 1.54) is 4.90 Å². The second-order valence-corrected chi connectivity index (χ2v) is 4.07. The molecule has 1 amide bonds. The highest BCUT2D eigenvalue weighted by molar-refractivity contribution is 5.87. The molecular weight excluding hydrogens is 228 g/mol. The first-order chi connectivity index (χ1) is 7.93. The van der Waals surface area contributed by atoms with Crippen molar-refractivity contribution in [2.75, 3.05) is 6.54 Å². The first kappa shape index (κ1) is 13.4. The number of carbonyl (C=O) groups excluding carboxylic acids is 1. The molecule has 1 aliphatic heterocycles. The Morgan fingerprint density at radius 3 is 2.53 bits per heavy atom. The zero-order valence-electron chi connectivity index (χ0n) is 9.33. The molecule has 4 N–H and O–H groups in total. The Hall–Kier alpha value is -1.63. The van der Waals surface area contributed by atoms with Gasteiger partial charge in [-0.05, 0) is 19.3 Å². The lowest BCUT2D eigenvalue weighted by Gasteiger charge is -2.24. The van der Waals surface area contributed by atoms with Gasteiger partial charge in [0.05, 0.1) is 6.04 Å². The SMILES string of the molecule is N[C@@H](CCC(=O)O)C(=O)N1CCC[C@H]1C(=O)O. The summed E-state index contributed by atoms with van der Waals surface area (Å²) < 4.78 is 0. The van der Waals surface area contributed by atoms with Crippen LogP contribution in [0.25, 0.3) is 0 Å². The highest BCUT2D eigenvalue weighted by atomic mass is 16.4. The van der Waals surface area contributed by atoms with Crippen LogP contribution < -0.4 is 5.73 Å². The molecule has 0 bridgehead atoms. The number of carboxylic acid groups (broad SMARTS) is 2. The van der Waals surface area contributed by atoms with E-state index >= 15 is 0 Å². The van der Waals surface area contributed by atoms with Gasteiger partial charge in [0.1, 0.15) is 6.04 Å². The Kier molecular flexibility index (Phi) is 4.45. The van der Waals surface area contributed by atoms with E-state index in [9.17, 15) is 14.4 Å². The van der Waals surface area contributed by atoms with Crippen LogP contribution in [0.3, 0.4) is 0 Å². The molecule has 0 aromatic heterocycles. The average Bonchev–Trinajstić information content (AvgIpc) is 2.73. The van der Waals surface area contributed by atoms with E-state index < -0.39 is 29.9 Å². The summed E-state index contributed by atoms with van der Waals surface area (Å²) >= 11 is 0. The van der Waals surface area contributed by atoms with Crippen molar-refractivity contribution in [3.05, 3.63) is 0 Å². The summed E-state index contributed by atoms with van der Waals surface area (Å²) in [7, 11) is 0. The minimum absolute atomic E-state index is 0.0248. The number of carbonyl (C=O) groups is 3. The van der Waals surface area contributed by atoms with Gasteiger partial charge >= 0.3 is 11.9 Å². The molecule has 7 nitrogen and oxygen atoms in total. The highest BCUT2D eigenvalue weighted by Crippen LogP contribution is 2.18. The van der Waals surface area contributed by atoms with E-state index in [1.54, 1.807) is 0 Å². The Labute approximate surface area is 98.2 Å². The summed E-state index contributed by atoms with van der Waals surface area (Å²) in [6.07, 6.45) is 0.885. The Balaban J connectivity index is 2.56. The number of likely N-dealkylation sites (tertiary alicyclic amines) is 1. The zero-order valence-corrected chi connectivity index (χ0v) is 9.33. The van der Waals surface area contributed by atoms with Gasteiger partial charge in [-0.1, -0.05) is 0 Å². The summed E-state index contributed by atoms with van der Waals surface area (Å²) in [4.78, 5) is 34.3. The molecule has 0 saturated carbocycles. The molecule has 0 spiro atoms. The van der Waals surface area contributed by atoms with Gasteiger partial charge in [-0.3, -0.25) is 9.59 Å². The number of carboxylic acids is 2. The van der Waals surface area contributed by atoms with Gasteiger partial charge in [0, 0.05) is 13.0 Å². The van der Waals surface area contributed by atoms with Crippen LogP contribution in [0, 0.1) is 0 Å². The molecule has 1 aliphatic rings. The van der Waals surface area contributed by atoms with Gasteiger partial charge in [0.15, 0.2) is 0 Å². The molecule has 1 fully saturated rings. The van der Waals surface area contributed by atoms with Crippen molar-refractivity contribution >= 4 is 17.8 Å². The lowest BCUT2D eigenvalue weighted by atomic mass is 10.1. The van der Waals surface area contributed by atoms with E-state index in [0.29, 0.717) is 19.4 Å². The number of nitrogens with zero attached hydrogens (tertiary/aromatic N) is 1. The highest BCUT2D eigenvalue weighted by Gasteiger charge is 2.35. The molecule has 7 heteroatoms. The number of hydrogen-bond acceptors (Lipinski definition) is 4. The molecule has 0 aromatic rings. The standard InChI is InChI=1S/C10H16N2O5/c11-6(3-4-8(13)14)9(15)12-5-1-2-7(12)10(16)17/h6-7H,1-5,11H2,(H,13,14)(H,16,17)/t6-,7-/m0/s1. The summed E-state index contributed by atoms with van der Waals surface area (Å²) in [6, 6.07) is -1.76. The van der Waals surface area contributed by atoms with E-state index in [1.807, 2.05) is 0 Å². The van der Waals surface area contributed by atoms with Crippen LogP contribution in [0.1, 0.15) is 25.7 Å². The van der Waals surface area contributed by atoms with Crippen molar-refractivity contribution in [1.82, 2.24) is 4.90 Å². The van der Waals surface area contributed by atoms with E-state index in [2.05, 4.69) is 0 Å². The molecule has 1 rings (SSSR count). The van der Waals surface area contributed by atoms with Crippen LogP contribution in [0.4, 0.5) is 0 Å². The largest absolute Gasteiger partial charge is 0.481 e. The van der Waals surface area contributed by atoms with Crippen LogP contribution in [0.5, 0.6) is 0 Å². The number of hydrogen-bond donors (Lipinski definition) is 3. The smallest absolute Gasteiger partial charge is 0.326 e. The van der Waals surface area contributed by atoms with Crippen LogP contribution in [0.2, 0.25) is 0 Å². The normalized spacial score (nSPS) is 21.2. The second-order valence-electron chi connectivity index (χ2n) is 4.07. The number of rotatable bonds is 5. The van der Waals surface area contributed by atoms with Gasteiger partial charge in [-0.2, -0.15) is 0 Å². The van der Waals surface area contributed by atoms with Crippen molar-refractivity contribution in [2.24, 2.45) is 5.73 Å².